The predicted octanol–water partition coefficient (Wildman–Crippen LogP) is 2.82. The molecule has 6 aromatic rings. The maximum Gasteiger partial charge on any atom is 0.201 e. The highest BCUT2D eigenvalue weighted by Gasteiger charge is 2.69. The van der Waals surface area contributed by atoms with Crippen molar-refractivity contribution in [1.29, 1.82) is 0 Å². The molecular weight excluding hydrogens is 1020 g/mol. The summed E-state index contributed by atoms with van der Waals surface area (Å²) in [6.45, 7) is -2.11. The molecule has 6 heterocycles. The van der Waals surface area contributed by atoms with Crippen LogP contribution in [0.4, 0.5) is 26.3 Å². The minimum atomic E-state index is -3.24. The van der Waals surface area contributed by atoms with E-state index in [-0.39, 0.29) is 42.6 Å². The van der Waals surface area contributed by atoms with E-state index in [1.807, 2.05) is 0 Å². The van der Waals surface area contributed by atoms with Crippen LogP contribution in [0.15, 0.2) is 82.5 Å². The number of benzene rings is 2. The van der Waals surface area contributed by atoms with Crippen molar-refractivity contribution in [2.75, 3.05) is 13.2 Å². The average Bonchev–Trinajstić information content (AvgIpc) is 3.96. The van der Waals surface area contributed by atoms with E-state index >= 15 is 4.21 Å². The molecule has 2 aliphatic heterocycles. The van der Waals surface area contributed by atoms with E-state index in [4.69, 9.17) is 9.47 Å². The normalized spacial score (nSPS) is 28.9. The van der Waals surface area contributed by atoms with Gasteiger partial charge in [-0.2, -0.15) is 0 Å². The van der Waals surface area contributed by atoms with Crippen LogP contribution in [0, 0.1) is 34.9 Å². The van der Waals surface area contributed by atoms with Crippen LogP contribution in [0.25, 0.3) is 22.5 Å². The monoisotopic (exact) mass is 1050 g/mol. The Hall–Kier alpha value is -4.61. The first-order valence-electron chi connectivity index (χ1n) is 18.5. The van der Waals surface area contributed by atoms with Crippen molar-refractivity contribution in [2.45, 2.75) is 58.6 Å². The van der Waals surface area contributed by atoms with Crippen LogP contribution >= 0.6 is 31.9 Å². The molecule has 2 aliphatic rings. The maximum atomic E-state index is 16.4. The van der Waals surface area contributed by atoms with Gasteiger partial charge in [0, 0.05) is 56.0 Å². The third-order valence-electron chi connectivity index (χ3n) is 10.9. The molecule has 0 saturated carbocycles. The van der Waals surface area contributed by atoms with Crippen molar-refractivity contribution in [3.8, 4) is 22.5 Å². The Morgan fingerprint density at radius 1 is 0.609 bits per heavy atom. The first-order chi connectivity index (χ1) is 30.5. The summed E-state index contributed by atoms with van der Waals surface area (Å²) >= 11 is 6.58. The van der Waals surface area contributed by atoms with Gasteiger partial charge in [-0.25, -0.2) is 35.7 Å². The average molecular weight is 1050 g/mol. The second-order valence-electron chi connectivity index (χ2n) is 14.6. The van der Waals surface area contributed by atoms with Crippen LogP contribution in [0.3, 0.4) is 0 Å². The summed E-state index contributed by atoms with van der Waals surface area (Å²) < 4.78 is 116. The standard InChI is InChI=1S/C38H30Br2F6N8O9S/c39-19-5-17(7-47-9-19)37(35(59)31(33(57)27(13-55)62-37)53-11-25(49-51-53)15-1-21(41)29(45)22(42)2-15)64(61)38(18-6-20(40)10-48-8-18)36(60)32(34(58)28(14-56)63-38)54-12-26(50-52-54)16-3-23(43)30(46)24(44)4-16/h1-12,27-28,31-36,55-60H,13-14H2. The summed E-state index contributed by atoms with van der Waals surface area (Å²) in [4.78, 5) is 2.58. The number of hydrogen-bond donors (Lipinski definition) is 6. The van der Waals surface area contributed by atoms with E-state index in [0.29, 0.717) is 24.3 Å². The number of ether oxygens (including phenoxy) is 2. The number of nitrogens with zero attached hydrogens (tertiary/aromatic N) is 8. The molecule has 10 atom stereocenters. The molecular formula is C38H30Br2F6N8O9S. The SMILES string of the molecule is O=S(C1(c2cncc(Br)c2)OC(CO)C(O)C(n2cc(-c3cc(F)c(F)c(F)c3)nn2)C1O)C1(c2cncc(Br)c2)OC(CO)C(O)C(n2cc(-c3cc(F)c(F)c(F)c3)nn2)C1O. The van der Waals surface area contributed by atoms with Gasteiger partial charge < -0.3 is 40.1 Å². The van der Waals surface area contributed by atoms with Gasteiger partial charge in [0.2, 0.25) is 9.87 Å². The zero-order valence-electron chi connectivity index (χ0n) is 31.9. The molecule has 0 bridgehead atoms. The smallest absolute Gasteiger partial charge is 0.201 e. The number of aliphatic hydroxyl groups excluding tert-OH is 6. The predicted molar refractivity (Wildman–Crippen MR) is 212 cm³/mol. The van der Waals surface area contributed by atoms with Crippen LogP contribution in [0.5, 0.6) is 0 Å². The lowest BCUT2D eigenvalue weighted by Gasteiger charge is -2.55. The van der Waals surface area contributed by atoms with E-state index < -0.39 is 117 Å². The number of hydrogen-bond acceptors (Lipinski definition) is 15. The second kappa shape index (κ2) is 17.6. The molecule has 0 spiro atoms. The summed E-state index contributed by atoms with van der Waals surface area (Å²) in [6, 6.07) is 1.29. The minimum Gasteiger partial charge on any atom is -0.394 e. The van der Waals surface area contributed by atoms with E-state index in [0.717, 1.165) is 34.2 Å². The van der Waals surface area contributed by atoms with Crippen molar-refractivity contribution < 1.29 is 70.7 Å². The zero-order chi connectivity index (χ0) is 46.0. The number of halogens is 8. The van der Waals surface area contributed by atoms with Gasteiger partial charge in [0.05, 0.1) is 25.6 Å². The summed E-state index contributed by atoms with van der Waals surface area (Å²) in [5, 5.41) is 86.1. The van der Waals surface area contributed by atoms with Gasteiger partial charge in [-0.15, -0.1) is 10.2 Å². The van der Waals surface area contributed by atoms with Gasteiger partial charge in [0.25, 0.3) is 0 Å². The molecule has 8 rings (SSSR count). The maximum absolute atomic E-state index is 16.4. The first kappa shape index (κ1) is 45.9. The van der Waals surface area contributed by atoms with Crippen LogP contribution in [0.2, 0.25) is 0 Å². The Balaban J connectivity index is 1.34. The highest BCUT2D eigenvalue weighted by atomic mass is 79.9. The van der Waals surface area contributed by atoms with Crippen molar-refractivity contribution >= 4 is 42.7 Å². The number of aromatic nitrogens is 8. The zero-order valence-corrected chi connectivity index (χ0v) is 35.9. The van der Waals surface area contributed by atoms with Crippen molar-refractivity contribution in [3.63, 3.8) is 0 Å². The Morgan fingerprint density at radius 3 is 1.30 bits per heavy atom. The first-order valence-corrected chi connectivity index (χ1v) is 21.3. The van der Waals surface area contributed by atoms with Crippen molar-refractivity contribution in [2.24, 2.45) is 0 Å². The van der Waals surface area contributed by atoms with Gasteiger partial charge in [-0.3, -0.25) is 14.2 Å². The summed E-state index contributed by atoms with van der Waals surface area (Å²) in [5.41, 5.74) is -1.79. The van der Waals surface area contributed by atoms with Gasteiger partial charge in [0.15, 0.2) is 34.9 Å². The number of rotatable bonds is 10. The Morgan fingerprint density at radius 2 is 0.969 bits per heavy atom. The summed E-state index contributed by atoms with van der Waals surface area (Å²) in [7, 11) is -3.24. The number of aliphatic hydroxyl groups is 6. The van der Waals surface area contributed by atoms with Crippen LogP contribution < -0.4 is 0 Å². The quantitative estimate of drug-likeness (QED) is 0.0854. The molecule has 17 nitrogen and oxygen atoms in total. The fourth-order valence-corrected chi connectivity index (χ4v) is 10.8. The topological polar surface area (TPSA) is 244 Å². The van der Waals surface area contributed by atoms with Gasteiger partial charge in [-0.05, 0) is 68.3 Å². The second-order valence-corrected chi connectivity index (χ2v) is 18.2. The molecule has 6 N–H and O–H groups in total. The number of pyridine rings is 2. The Kier molecular flexibility index (Phi) is 12.7. The van der Waals surface area contributed by atoms with Crippen LogP contribution in [-0.4, -0.2) is 125 Å². The molecule has 0 aliphatic carbocycles. The lowest BCUT2D eigenvalue weighted by molar-refractivity contribution is -0.243. The molecule has 2 saturated heterocycles. The largest absolute Gasteiger partial charge is 0.394 e. The fraction of sp³-hybridized carbons (Fsp3) is 0.316. The summed E-state index contributed by atoms with van der Waals surface area (Å²) in [6.07, 6.45) is -5.47. The molecule has 2 fully saturated rings. The molecule has 2 aromatic carbocycles. The van der Waals surface area contributed by atoms with Gasteiger partial charge in [-0.1, -0.05) is 10.4 Å². The molecule has 0 amide bonds. The third-order valence-corrected chi connectivity index (χ3v) is 14.0. The minimum absolute atomic E-state index is 0.192. The lowest BCUT2D eigenvalue weighted by Crippen LogP contribution is -2.70. The van der Waals surface area contributed by atoms with Crippen LogP contribution in [0.1, 0.15) is 23.2 Å². The van der Waals surface area contributed by atoms with Gasteiger partial charge in [0.1, 0.15) is 70.9 Å². The summed E-state index contributed by atoms with van der Waals surface area (Å²) in [5.74, 6) is -9.83. The van der Waals surface area contributed by atoms with Crippen molar-refractivity contribution in [3.05, 3.63) is 129 Å². The highest BCUT2D eigenvalue weighted by molar-refractivity contribution is 9.10. The third kappa shape index (κ3) is 7.56. The van der Waals surface area contributed by atoms with E-state index in [1.165, 1.54) is 24.5 Å². The van der Waals surface area contributed by atoms with Crippen molar-refractivity contribution in [1.82, 2.24) is 40.0 Å². The Bertz CT molecular complexity index is 2540. The molecule has 4 aromatic heterocycles. The van der Waals surface area contributed by atoms with E-state index in [2.05, 4.69) is 62.5 Å². The van der Waals surface area contributed by atoms with Crippen LogP contribution in [-0.2, 0) is 30.1 Å². The molecule has 26 heteroatoms. The molecule has 10 unspecified atom stereocenters. The van der Waals surface area contributed by atoms with E-state index in [9.17, 15) is 57.0 Å². The van der Waals surface area contributed by atoms with Gasteiger partial charge >= 0.3 is 0 Å². The fourth-order valence-electron chi connectivity index (χ4n) is 7.83. The van der Waals surface area contributed by atoms with E-state index in [1.54, 1.807) is 0 Å². The molecule has 338 valence electrons. The highest BCUT2D eigenvalue weighted by Crippen LogP contribution is 2.55. The lowest BCUT2D eigenvalue weighted by atomic mass is 9.88. The molecule has 0 radical (unpaired) electrons. The Labute approximate surface area is 374 Å². The molecule has 64 heavy (non-hydrogen) atoms.